The molecular weight excluding hydrogens is 320 g/mol. The second-order valence-corrected chi connectivity index (χ2v) is 5.05. The molecule has 0 amide bonds. The van der Waals surface area contributed by atoms with Crippen molar-refractivity contribution in [2.24, 2.45) is 0 Å². The summed E-state index contributed by atoms with van der Waals surface area (Å²) < 4.78 is 0. The number of hydrogen-bond acceptors (Lipinski definition) is 0. The van der Waals surface area contributed by atoms with Gasteiger partial charge in [0.1, 0.15) is 0 Å². The van der Waals surface area contributed by atoms with Crippen molar-refractivity contribution in [3.8, 4) is 22.3 Å². The topological polar surface area (TPSA) is 0 Å². The minimum Gasteiger partial charge on any atom is -0.748 e. The summed E-state index contributed by atoms with van der Waals surface area (Å²) in [4.78, 5) is 0. The number of rotatable bonds is 2. The van der Waals surface area contributed by atoms with E-state index in [9.17, 15) is 0 Å². The van der Waals surface area contributed by atoms with Gasteiger partial charge in [0.2, 0.25) is 0 Å². The van der Waals surface area contributed by atoms with E-state index in [1.54, 1.807) is 0 Å². The van der Waals surface area contributed by atoms with Gasteiger partial charge in [-0.1, -0.05) is 65.2 Å². The van der Waals surface area contributed by atoms with Crippen molar-refractivity contribution < 1.29 is 17.1 Å². The Hall–Kier alpha value is -2.34. The first-order chi connectivity index (χ1) is 10.9. The Morgan fingerprint density at radius 1 is 0.565 bits per heavy atom. The molecular formula is C22H18Fe-6. The van der Waals surface area contributed by atoms with Crippen molar-refractivity contribution in [1.29, 1.82) is 0 Å². The van der Waals surface area contributed by atoms with Gasteiger partial charge in [0, 0.05) is 17.1 Å². The predicted octanol–water partition coefficient (Wildman–Crippen LogP) is 6.14. The van der Waals surface area contributed by atoms with Gasteiger partial charge in [0.05, 0.1) is 0 Å². The smallest absolute Gasteiger partial charge is 0 e. The van der Waals surface area contributed by atoms with Crippen molar-refractivity contribution in [1.82, 2.24) is 0 Å². The summed E-state index contributed by atoms with van der Waals surface area (Å²) in [7, 11) is 0. The zero-order valence-electron chi connectivity index (χ0n) is 12.7. The molecule has 0 aliphatic carbocycles. The second-order valence-electron chi connectivity index (χ2n) is 5.05. The van der Waals surface area contributed by atoms with Crippen LogP contribution < -0.4 is 0 Å². The fraction of sp³-hybridized carbons (Fsp3) is 0. The Morgan fingerprint density at radius 3 is 1.65 bits per heavy atom. The van der Waals surface area contributed by atoms with Crippen molar-refractivity contribution in [2.75, 3.05) is 0 Å². The molecule has 0 fully saturated rings. The van der Waals surface area contributed by atoms with Gasteiger partial charge in [-0.25, -0.2) is 0 Å². The Balaban J connectivity index is 0.000000276. The maximum atomic E-state index is 2.18. The third kappa shape index (κ3) is 4.56. The molecule has 0 aliphatic heterocycles. The summed E-state index contributed by atoms with van der Waals surface area (Å²) in [5.41, 5.74) is 5.15. The van der Waals surface area contributed by atoms with E-state index >= 15 is 0 Å². The number of benzene rings is 2. The van der Waals surface area contributed by atoms with Gasteiger partial charge in [-0.3, -0.25) is 0 Å². The largest absolute Gasteiger partial charge is 0.748 e. The molecule has 1 heteroatoms. The fourth-order valence-corrected chi connectivity index (χ4v) is 2.48. The SMILES string of the molecule is [Fe].[cH-]1[cH-][cH-][cH-][cH-]1.c1ccc(-c2ccc[c-]2-c2ccccc2)cc1. The average molecular weight is 338 g/mol. The standard InChI is InChI=1S/C17H13.C5H5.Fe/c1-3-8-14(9-4-1)16-12-7-13-17(16)15-10-5-2-6-11-15;1-2-4-5-3-1;/h1-13H;1-5H;/q-1;-5;. The van der Waals surface area contributed by atoms with Gasteiger partial charge < -0.3 is 30.3 Å². The van der Waals surface area contributed by atoms with Crippen LogP contribution in [0.25, 0.3) is 22.3 Å². The summed E-state index contributed by atoms with van der Waals surface area (Å²) in [5, 5.41) is 0. The molecule has 4 aromatic carbocycles. The third-order valence-electron chi connectivity index (χ3n) is 3.54. The second kappa shape index (κ2) is 8.95. The molecule has 0 atom stereocenters. The van der Waals surface area contributed by atoms with E-state index in [0.29, 0.717) is 0 Å². The van der Waals surface area contributed by atoms with Gasteiger partial charge >= 0.3 is 0 Å². The zero-order valence-corrected chi connectivity index (χ0v) is 13.9. The molecule has 0 nitrogen and oxygen atoms in total. The van der Waals surface area contributed by atoms with Crippen LogP contribution in [0.1, 0.15) is 0 Å². The van der Waals surface area contributed by atoms with Crippen LogP contribution in [0.2, 0.25) is 0 Å². The van der Waals surface area contributed by atoms with Crippen LogP contribution in [-0.4, -0.2) is 0 Å². The van der Waals surface area contributed by atoms with Gasteiger partial charge in [0.25, 0.3) is 0 Å². The van der Waals surface area contributed by atoms with E-state index < -0.39 is 0 Å². The fourth-order valence-electron chi connectivity index (χ4n) is 2.48. The molecule has 23 heavy (non-hydrogen) atoms. The van der Waals surface area contributed by atoms with Crippen molar-refractivity contribution >= 4 is 0 Å². The Morgan fingerprint density at radius 2 is 1.09 bits per heavy atom. The van der Waals surface area contributed by atoms with Crippen molar-refractivity contribution in [3.63, 3.8) is 0 Å². The zero-order chi connectivity index (χ0) is 15.0. The van der Waals surface area contributed by atoms with E-state index in [0.717, 1.165) is 0 Å². The van der Waals surface area contributed by atoms with Crippen LogP contribution in [0.5, 0.6) is 0 Å². The summed E-state index contributed by atoms with van der Waals surface area (Å²) in [6.07, 6.45) is 0. The molecule has 120 valence electrons. The van der Waals surface area contributed by atoms with Crippen molar-refractivity contribution in [2.45, 2.75) is 0 Å². The normalized spacial score (nSPS) is 9.39. The molecule has 0 spiro atoms. The van der Waals surface area contributed by atoms with E-state index in [4.69, 9.17) is 0 Å². The van der Waals surface area contributed by atoms with E-state index in [1.165, 1.54) is 22.3 Å². The van der Waals surface area contributed by atoms with Crippen LogP contribution in [0.15, 0.2) is 109 Å². The van der Waals surface area contributed by atoms with Crippen LogP contribution >= 0.6 is 0 Å². The summed E-state index contributed by atoms with van der Waals surface area (Å²) in [6.45, 7) is 0. The Bertz CT molecular complexity index is 694. The molecule has 0 unspecified atom stereocenters. The molecule has 0 saturated heterocycles. The minimum absolute atomic E-state index is 0. The maximum absolute atomic E-state index is 2.18. The van der Waals surface area contributed by atoms with Gasteiger partial charge in [-0.2, -0.15) is 0 Å². The Labute approximate surface area is 148 Å². The molecule has 0 N–H and O–H groups in total. The quantitative estimate of drug-likeness (QED) is 0.304. The van der Waals surface area contributed by atoms with Gasteiger partial charge in [-0.15, -0.1) is 35.9 Å². The van der Waals surface area contributed by atoms with Gasteiger partial charge in [-0.05, 0) is 0 Å². The number of hydrogen-bond donors (Lipinski definition) is 0. The maximum Gasteiger partial charge on any atom is 0 e. The summed E-state index contributed by atoms with van der Waals surface area (Å²) in [5.74, 6) is 0. The molecule has 4 rings (SSSR count). The first-order valence-corrected chi connectivity index (χ1v) is 7.48. The van der Waals surface area contributed by atoms with Crippen LogP contribution in [0, 0.1) is 0 Å². The molecule has 0 aromatic heterocycles. The first-order valence-electron chi connectivity index (χ1n) is 7.48. The van der Waals surface area contributed by atoms with Crippen LogP contribution in [-0.2, 0) is 17.1 Å². The summed E-state index contributed by atoms with van der Waals surface area (Å²) >= 11 is 0. The first kappa shape index (κ1) is 17.0. The molecule has 0 aliphatic rings. The Kier molecular flexibility index (Phi) is 6.62. The molecule has 0 bridgehead atoms. The van der Waals surface area contributed by atoms with E-state index in [-0.39, 0.29) is 17.1 Å². The molecule has 0 heterocycles. The van der Waals surface area contributed by atoms with Gasteiger partial charge in [0.15, 0.2) is 0 Å². The molecule has 0 saturated carbocycles. The van der Waals surface area contributed by atoms with Crippen LogP contribution in [0.4, 0.5) is 0 Å². The molecule has 4 aromatic rings. The third-order valence-corrected chi connectivity index (χ3v) is 3.54. The monoisotopic (exact) mass is 338 g/mol. The molecule has 0 radical (unpaired) electrons. The van der Waals surface area contributed by atoms with Crippen molar-refractivity contribution in [3.05, 3.63) is 109 Å². The average Bonchev–Trinajstić information content (AvgIpc) is 3.31. The van der Waals surface area contributed by atoms with E-state index in [2.05, 4.69) is 78.9 Å². The summed E-state index contributed by atoms with van der Waals surface area (Å²) in [6, 6.07) is 37.5. The minimum atomic E-state index is 0. The van der Waals surface area contributed by atoms with Crippen LogP contribution in [0.3, 0.4) is 0 Å². The predicted molar refractivity (Wildman–Crippen MR) is 94.9 cm³/mol. The van der Waals surface area contributed by atoms with E-state index in [1.807, 2.05) is 30.3 Å².